The third kappa shape index (κ3) is 4.26. The van der Waals surface area contributed by atoms with Gasteiger partial charge in [0.15, 0.2) is 0 Å². The summed E-state index contributed by atoms with van der Waals surface area (Å²) in [5, 5.41) is 1.01. The Bertz CT molecular complexity index is 154. The Morgan fingerprint density at radius 2 is 1.58 bits per heavy atom. The van der Waals surface area contributed by atoms with Crippen LogP contribution in [-0.2, 0) is 0 Å². The van der Waals surface area contributed by atoms with Gasteiger partial charge in [-0.1, -0.05) is 53.7 Å². The molecular weight excluding hydrogens is 163 g/mol. The molecule has 0 aliphatic carbocycles. The lowest BCUT2D eigenvalue weighted by Gasteiger charge is -2.36. The highest BCUT2D eigenvalue weighted by Gasteiger charge is 2.28. The second-order valence-electron chi connectivity index (χ2n) is 4.34. The average Bonchev–Trinajstić information content (AvgIpc) is 1.86. The van der Waals surface area contributed by atoms with Gasteiger partial charge in [0.25, 0.3) is 0 Å². The summed E-state index contributed by atoms with van der Waals surface area (Å²) < 4.78 is 0. The largest absolute Gasteiger partial charge is 0.106 e. The lowest BCUT2D eigenvalue weighted by molar-refractivity contribution is 0.674. The van der Waals surface area contributed by atoms with Crippen LogP contribution in [0.25, 0.3) is 0 Å². The molecule has 1 aliphatic heterocycles. The molecule has 0 spiro atoms. The van der Waals surface area contributed by atoms with Crippen LogP contribution in [0.15, 0.2) is 12.2 Å². The van der Waals surface area contributed by atoms with Gasteiger partial charge < -0.3 is 0 Å². The van der Waals surface area contributed by atoms with Gasteiger partial charge in [-0.3, -0.25) is 0 Å². The van der Waals surface area contributed by atoms with Crippen LogP contribution in [-0.4, -0.2) is 10.3 Å². The van der Waals surface area contributed by atoms with Crippen LogP contribution in [0.1, 0.15) is 48.0 Å². The quantitative estimate of drug-likeness (QED) is 0.392. The predicted octanol–water partition coefficient (Wildman–Crippen LogP) is 4.21. The van der Waals surface area contributed by atoms with E-state index in [-0.39, 0.29) is 0 Å². The van der Waals surface area contributed by atoms with Gasteiger partial charge in [0.1, 0.15) is 0 Å². The summed E-state index contributed by atoms with van der Waals surface area (Å²) >= 11 is 0. The molecule has 0 bridgehead atoms. The number of rotatable bonds is 0. The fourth-order valence-electron chi connectivity index (χ4n) is 1.61. The Hall–Kier alpha value is 0.170. The standard InChI is InChI=1S/C9H17P.C2H6/c1-8(2)6-5-7-9(3,4)10-8;1-2/h5-6,10H,7H2,1-4H3;1-2H3. The molecule has 0 amide bonds. The minimum Gasteiger partial charge on any atom is -0.106 e. The van der Waals surface area contributed by atoms with Crippen LogP contribution < -0.4 is 0 Å². The highest BCUT2D eigenvalue weighted by atomic mass is 31.1. The average molecular weight is 186 g/mol. The third-order valence-electron chi connectivity index (χ3n) is 1.82. The molecule has 12 heavy (non-hydrogen) atoms. The van der Waals surface area contributed by atoms with Crippen molar-refractivity contribution in [2.75, 3.05) is 0 Å². The Balaban J connectivity index is 0.000000561. The molecule has 0 radical (unpaired) electrons. The van der Waals surface area contributed by atoms with E-state index >= 15 is 0 Å². The van der Waals surface area contributed by atoms with Crippen molar-refractivity contribution < 1.29 is 0 Å². The van der Waals surface area contributed by atoms with Gasteiger partial charge in [0.2, 0.25) is 0 Å². The maximum Gasteiger partial charge on any atom is 0.000429 e. The minimum absolute atomic E-state index is 0.460. The normalized spacial score (nSPS) is 26.2. The van der Waals surface area contributed by atoms with E-state index in [0.29, 0.717) is 10.3 Å². The van der Waals surface area contributed by atoms with Crippen molar-refractivity contribution in [3.8, 4) is 0 Å². The Labute approximate surface area is 79.6 Å². The Kier molecular flexibility index (Phi) is 4.48. The van der Waals surface area contributed by atoms with Gasteiger partial charge in [-0.15, -0.1) is 8.58 Å². The number of hydrogen-bond donors (Lipinski definition) is 0. The molecule has 72 valence electrons. The van der Waals surface area contributed by atoms with Gasteiger partial charge in [-0.05, 0) is 11.6 Å². The van der Waals surface area contributed by atoms with Crippen molar-refractivity contribution in [3.05, 3.63) is 12.2 Å². The van der Waals surface area contributed by atoms with Crippen molar-refractivity contribution in [3.63, 3.8) is 0 Å². The van der Waals surface area contributed by atoms with Crippen LogP contribution in [0.2, 0.25) is 0 Å². The monoisotopic (exact) mass is 186 g/mol. The van der Waals surface area contributed by atoms with E-state index in [0.717, 1.165) is 8.58 Å². The molecule has 1 heterocycles. The van der Waals surface area contributed by atoms with Gasteiger partial charge in [0, 0.05) is 5.16 Å². The van der Waals surface area contributed by atoms with Crippen LogP contribution in [0.3, 0.4) is 0 Å². The molecule has 0 aromatic carbocycles. The zero-order valence-corrected chi connectivity index (χ0v) is 10.4. The molecule has 1 aliphatic rings. The summed E-state index contributed by atoms with van der Waals surface area (Å²) in [6.07, 6.45) is 5.95. The molecule has 0 nitrogen and oxygen atoms in total. The molecule has 0 aromatic rings. The molecule has 1 unspecified atom stereocenters. The van der Waals surface area contributed by atoms with Crippen molar-refractivity contribution in [1.82, 2.24) is 0 Å². The molecule has 0 fully saturated rings. The molecular formula is C11H23P. The maximum absolute atomic E-state index is 2.36. The summed E-state index contributed by atoms with van der Waals surface area (Å²) in [4.78, 5) is 0. The zero-order chi connectivity index (χ0) is 9.83. The SMILES string of the molecule is CC.CC1(C)C=CCC(C)(C)P1. The van der Waals surface area contributed by atoms with E-state index in [4.69, 9.17) is 0 Å². The summed E-state index contributed by atoms with van der Waals surface area (Å²) in [7, 11) is 1.07. The maximum atomic E-state index is 2.36. The second kappa shape index (κ2) is 4.42. The molecule has 0 N–H and O–H groups in total. The Morgan fingerprint density at radius 1 is 1.08 bits per heavy atom. The number of allylic oxidation sites excluding steroid dienone is 2. The fraction of sp³-hybridized carbons (Fsp3) is 0.818. The summed E-state index contributed by atoms with van der Waals surface area (Å²) in [5.41, 5.74) is 0. The first kappa shape index (κ1) is 12.2. The predicted molar refractivity (Wildman–Crippen MR) is 61.6 cm³/mol. The smallest absolute Gasteiger partial charge is 0.000429 e. The van der Waals surface area contributed by atoms with E-state index in [1.54, 1.807) is 0 Å². The van der Waals surface area contributed by atoms with E-state index < -0.39 is 0 Å². The van der Waals surface area contributed by atoms with Crippen LogP contribution in [0.5, 0.6) is 0 Å². The zero-order valence-electron chi connectivity index (χ0n) is 9.36. The topological polar surface area (TPSA) is 0 Å². The van der Waals surface area contributed by atoms with Gasteiger partial charge in [-0.25, -0.2) is 0 Å². The van der Waals surface area contributed by atoms with E-state index in [9.17, 15) is 0 Å². The molecule has 0 saturated carbocycles. The highest BCUT2D eigenvalue weighted by Crippen LogP contribution is 2.48. The molecule has 0 saturated heterocycles. The minimum atomic E-state index is 0.460. The van der Waals surface area contributed by atoms with Crippen LogP contribution in [0, 0.1) is 0 Å². The summed E-state index contributed by atoms with van der Waals surface area (Å²) in [6, 6.07) is 0. The van der Waals surface area contributed by atoms with Crippen molar-refractivity contribution in [2.24, 2.45) is 0 Å². The summed E-state index contributed by atoms with van der Waals surface area (Å²) in [5.74, 6) is 0. The first-order chi connectivity index (χ1) is 5.41. The lowest BCUT2D eigenvalue weighted by atomic mass is 10.1. The Morgan fingerprint density at radius 3 is 1.83 bits per heavy atom. The fourth-order valence-corrected chi connectivity index (χ4v) is 3.78. The lowest BCUT2D eigenvalue weighted by Crippen LogP contribution is -2.24. The first-order valence-corrected chi connectivity index (χ1v) is 5.88. The van der Waals surface area contributed by atoms with Crippen molar-refractivity contribution in [2.45, 2.75) is 58.3 Å². The third-order valence-corrected chi connectivity index (χ3v) is 3.52. The van der Waals surface area contributed by atoms with Crippen molar-refractivity contribution in [1.29, 1.82) is 0 Å². The van der Waals surface area contributed by atoms with Gasteiger partial charge in [-0.2, -0.15) is 0 Å². The highest BCUT2D eigenvalue weighted by molar-refractivity contribution is 7.42. The molecule has 1 atom stereocenters. The molecule has 1 rings (SSSR count). The van der Waals surface area contributed by atoms with E-state index in [2.05, 4.69) is 39.8 Å². The van der Waals surface area contributed by atoms with Crippen LogP contribution >= 0.6 is 8.58 Å². The first-order valence-electron chi connectivity index (χ1n) is 4.88. The van der Waals surface area contributed by atoms with Gasteiger partial charge >= 0.3 is 0 Å². The van der Waals surface area contributed by atoms with Gasteiger partial charge in [0.05, 0.1) is 0 Å². The van der Waals surface area contributed by atoms with E-state index in [1.165, 1.54) is 6.42 Å². The molecule has 1 heteroatoms. The summed E-state index contributed by atoms with van der Waals surface area (Å²) in [6.45, 7) is 13.4. The second-order valence-corrected chi connectivity index (χ2v) is 7.23. The molecule has 0 aromatic heterocycles. The number of hydrogen-bond acceptors (Lipinski definition) is 0. The van der Waals surface area contributed by atoms with Crippen molar-refractivity contribution >= 4 is 8.58 Å². The van der Waals surface area contributed by atoms with Crippen LogP contribution in [0.4, 0.5) is 0 Å². The van der Waals surface area contributed by atoms with E-state index in [1.807, 2.05) is 13.8 Å².